The maximum Gasteiger partial charge on any atom is 0.277 e. The number of aromatic nitrogens is 2. The highest BCUT2D eigenvalue weighted by molar-refractivity contribution is 7.99. The minimum Gasteiger partial charge on any atom is -0.411 e. The van der Waals surface area contributed by atoms with Gasteiger partial charge in [0.2, 0.25) is 11.8 Å². The number of benzene rings is 1. The van der Waals surface area contributed by atoms with Crippen LogP contribution in [0.4, 0.5) is 0 Å². The predicted molar refractivity (Wildman–Crippen MR) is 78.4 cm³/mol. The van der Waals surface area contributed by atoms with E-state index in [2.05, 4.69) is 15.5 Å². The molecule has 0 saturated carbocycles. The Morgan fingerprint density at radius 3 is 2.80 bits per heavy atom. The van der Waals surface area contributed by atoms with Gasteiger partial charge in [-0.15, -0.1) is 10.2 Å². The van der Waals surface area contributed by atoms with Crippen molar-refractivity contribution in [1.82, 2.24) is 15.5 Å². The summed E-state index contributed by atoms with van der Waals surface area (Å²) in [4.78, 5) is 11.6. The van der Waals surface area contributed by atoms with Gasteiger partial charge in [0.25, 0.3) is 5.22 Å². The number of carbonyl (C=O) groups is 1. The van der Waals surface area contributed by atoms with E-state index in [1.54, 1.807) is 0 Å². The summed E-state index contributed by atoms with van der Waals surface area (Å²) in [5, 5.41) is 11.2. The Hall–Kier alpha value is -1.82. The molecule has 1 unspecified atom stereocenters. The van der Waals surface area contributed by atoms with Crippen molar-refractivity contribution in [2.45, 2.75) is 31.5 Å². The average molecular weight is 291 g/mol. The molecule has 1 N–H and O–H groups in total. The van der Waals surface area contributed by atoms with Crippen molar-refractivity contribution in [1.29, 1.82) is 0 Å². The topological polar surface area (TPSA) is 68.0 Å². The van der Waals surface area contributed by atoms with Crippen molar-refractivity contribution in [3.05, 3.63) is 30.3 Å². The molecule has 5 nitrogen and oxygen atoms in total. The Balaban J connectivity index is 1.89. The molecular formula is C14H17N3O2S. The molecule has 0 spiro atoms. The summed E-state index contributed by atoms with van der Waals surface area (Å²) >= 11 is 1.24. The third kappa shape index (κ3) is 4.09. The smallest absolute Gasteiger partial charge is 0.277 e. The van der Waals surface area contributed by atoms with Crippen molar-refractivity contribution < 1.29 is 9.21 Å². The van der Waals surface area contributed by atoms with Gasteiger partial charge in [0, 0.05) is 11.6 Å². The van der Waals surface area contributed by atoms with Crippen LogP contribution in [0.15, 0.2) is 40.0 Å². The molecule has 1 heterocycles. The molecule has 0 saturated heterocycles. The first-order valence-corrected chi connectivity index (χ1v) is 7.48. The number of hydrogen-bond donors (Lipinski definition) is 1. The van der Waals surface area contributed by atoms with Gasteiger partial charge in [-0.1, -0.05) is 36.9 Å². The lowest BCUT2D eigenvalue weighted by atomic mass is 10.2. The monoisotopic (exact) mass is 291 g/mol. The Labute approximate surface area is 122 Å². The average Bonchev–Trinajstić information content (AvgIpc) is 2.95. The zero-order valence-corrected chi connectivity index (χ0v) is 12.3. The number of amides is 1. The summed E-state index contributed by atoms with van der Waals surface area (Å²) in [6, 6.07) is 9.73. The Morgan fingerprint density at radius 2 is 2.10 bits per heavy atom. The van der Waals surface area contributed by atoms with Gasteiger partial charge in [0.05, 0.1) is 5.75 Å². The van der Waals surface area contributed by atoms with Crippen molar-refractivity contribution in [3.8, 4) is 11.5 Å². The van der Waals surface area contributed by atoms with Crippen LogP contribution in [0.25, 0.3) is 11.5 Å². The van der Waals surface area contributed by atoms with E-state index in [9.17, 15) is 4.79 Å². The van der Waals surface area contributed by atoms with E-state index in [1.807, 2.05) is 44.2 Å². The second-order valence-corrected chi connectivity index (χ2v) is 5.33. The molecule has 20 heavy (non-hydrogen) atoms. The molecule has 106 valence electrons. The summed E-state index contributed by atoms with van der Waals surface area (Å²) in [7, 11) is 0. The van der Waals surface area contributed by atoms with Gasteiger partial charge >= 0.3 is 0 Å². The molecule has 0 aliphatic heterocycles. The lowest BCUT2D eigenvalue weighted by molar-refractivity contribution is -0.119. The van der Waals surface area contributed by atoms with Gasteiger partial charge in [0.1, 0.15) is 0 Å². The first-order valence-electron chi connectivity index (χ1n) is 6.50. The number of nitrogens with one attached hydrogen (secondary N) is 1. The number of hydrogen-bond acceptors (Lipinski definition) is 5. The van der Waals surface area contributed by atoms with Crippen LogP contribution >= 0.6 is 11.8 Å². The van der Waals surface area contributed by atoms with Crippen LogP contribution in [0.5, 0.6) is 0 Å². The van der Waals surface area contributed by atoms with Gasteiger partial charge in [0.15, 0.2) is 0 Å². The Kier molecular flexibility index (Phi) is 5.17. The molecule has 1 amide bonds. The van der Waals surface area contributed by atoms with Crippen molar-refractivity contribution >= 4 is 17.7 Å². The lowest BCUT2D eigenvalue weighted by Crippen LogP contribution is -2.33. The van der Waals surface area contributed by atoms with E-state index >= 15 is 0 Å². The largest absolute Gasteiger partial charge is 0.411 e. The van der Waals surface area contributed by atoms with Crippen LogP contribution in [0.1, 0.15) is 20.3 Å². The zero-order valence-electron chi connectivity index (χ0n) is 11.5. The van der Waals surface area contributed by atoms with Gasteiger partial charge < -0.3 is 9.73 Å². The molecule has 0 aliphatic rings. The van der Waals surface area contributed by atoms with E-state index < -0.39 is 0 Å². The highest BCUT2D eigenvalue weighted by Crippen LogP contribution is 2.22. The summed E-state index contributed by atoms with van der Waals surface area (Å²) in [5.74, 6) is 0.722. The first-order chi connectivity index (χ1) is 9.69. The highest BCUT2D eigenvalue weighted by atomic mass is 32.2. The first kappa shape index (κ1) is 14.6. The molecule has 0 aliphatic carbocycles. The van der Waals surface area contributed by atoms with Crippen LogP contribution in [0.2, 0.25) is 0 Å². The zero-order chi connectivity index (χ0) is 14.4. The van der Waals surface area contributed by atoms with Crippen LogP contribution in [0.3, 0.4) is 0 Å². The van der Waals surface area contributed by atoms with Crippen LogP contribution in [0, 0.1) is 0 Å². The molecule has 6 heteroatoms. The molecule has 1 atom stereocenters. The Morgan fingerprint density at radius 1 is 1.35 bits per heavy atom. The molecule has 0 radical (unpaired) electrons. The SMILES string of the molecule is CCC(C)NC(=O)CSc1nnc(-c2ccccc2)o1. The third-order valence-electron chi connectivity index (χ3n) is 2.77. The van der Waals surface area contributed by atoms with Gasteiger partial charge in [-0.05, 0) is 25.5 Å². The maximum absolute atomic E-state index is 11.6. The molecule has 2 rings (SSSR count). The summed E-state index contributed by atoms with van der Waals surface area (Å²) in [6.45, 7) is 4.00. The minimum absolute atomic E-state index is 0.0242. The third-order valence-corrected chi connectivity index (χ3v) is 3.59. The van der Waals surface area contributed by atoms with Crippen molar-refractivity contribution in [2.24, 2.45) is 0 Å². The van der Waals surface area contributed by atoms with Gasteiger partial charge in [-0.25, -0.2) is 0 Å². The number of carbonyl (C=O) groups excluding carboxylic acids is 1. The lowest BCUT2D eigenvalue weighted by Gasteiger charge is -2.09. The Bertz CT molecular complexity index is 557. The molecule has 0 fully saturated rings. The van der Waals surface area contributed by atoms with E-state index in [1.165, 1.54) is 11.8 Å². The normalized spacial score (nSPS) is 12.1. The van der Waals surface area contributed by atoms with Gasteiger partial charge in [-0.2, -0.15) is 0 Å². The van der Waals surface area contributed by atoms with Gasteiger partial charge in [-0.3, -0.25) is 4.79 Å². The summed E-state index contributed by atoms with van der Waals surface area (Å²) < 4.78 is 5.51. The highest BCUT2D eigenvalue weighted by Gasteiger charge is 2.11. The number of rotatable bonds is 6. The molecule has 0 bridgehead atoms. The standard InChI is InChI=1S/C14H17N3O2S/c1-3-10(2)15-12(18)9-20-14-17-16-13(19-14)11-7-5-4-6-8-11/h4-8,10H,3,9H2,1-2H3,(H,15,18). The minimum atomic E-state index is -0.0242. The second-order valence-electron chi connectivity index (χ2n) is 4.40. The maximum atomic E-state index is 11.6. The summed E-state index contributed by atoms with van der Waals surface area (Å²) in [6.07, 6.45) is 0.912. The van der Waals surface area contributed by atoms with E-state index in [0.717, 1.165) is 12.0 Å². The number of nitrogens with zero attached hydrogens (tertiary/aromatic N) is 2. The fourth-order valence-corrected chi connectivity index (χ4v) is 2.09. The van der Waals surface area contributed by atoms with E-state index in [0.29, 0.717) is 11.1 Å². The summed E-state index contributed by atoms with van der Waals surface area (Å²) in [5.41, 5.74) is 0.871. The predicted octanol–water partition coefficient (Wildman–Crippen LogP) is 2.74. The van der Waals surface area contributed by atoms with Crippen molar-refractivity contribution in [3.63, 3.8) is 0 Å². The van der Waals surface area contributed by atoms with E-state index in [-0.39, 0.29) is 17.7 Å². The van der Waals surface area contributed by atoms with E-state index in [4.69, 9.17) is 4.42 Å². The number of thioether (sulfide) groups is 1. The van der Waals surface area contributed by atoms with Crippen LogP contribution < -0.4 is 5.32 Å². The van der Waals surface area contributed by atoms with Crippen molar-refractivity contribution in [2.75, 3.05) is 5.75 Å². The van der Waals surface area contributed by atoms with Crippen LogP contribution in [-0.4, -0.2) is 27.9 Å². The quantitative estimate of drug-likeness (QED) is 0.829. The molecule has 2 aromatic rings. The molecular weight excluding hydrogens is 274 g/mol. The molecule has 1 aromatic heterocycles. The van der Waals surface area contributed by atoms with Crippen LogP contribution in [-0.2, 0) is 4.79 Å². The molecule has 1 aromatic carbocycles. The fourth-order valence-electron chi connectivity index (χ4n) is 1.51. The second kappa shape index (κ2) is 7.09. The fraction of sp³-hybridized carbons (Fsp3) is 0.357.